The Morgan fingerprint density at radius 1 is 0.964 bits per heavy atom. The molecular formula is C23H26N4S. The molecule has 0 unspecified atom stereocenters. The molecule has 0 bridgehead atoms. The van der Waals surface area contributed by atoms with Gasteiger partial charge in [-0.1, -0.05) is 49.7 Å². The standard InChI is InChI=1S/C23H26N4S/c1-2-3-14-20-26-21-22(18-12-7-8-13-19(18)25-23(21)24)27(20)15-9-16-28-17-10-5-4-6-11-17/h4-8,10-13H,2-3,9,14-16H2,1H3,(H2,24,25). The molecule has 28 heavy (non-hydrogen) atoms. The van der Waals surface area contributed by atoms with Crippen molar-refractivity contribution in [3.05, 3.63) is 60.4 Å². The van der Waals surface area contributed by atoms with E-state index in [2.05, 4.69) is 58.9 Å². The van der Waals surface area contributed by atoms with Gasteiger partial charge in [-0.05, 0) is 36.8 Å². The van der Waals surface area contributed by atoms with Crippen LogP contribution < -0.4 is 5.73 Å². The van der Waals surface area contributed by atoms with Crippen molar-refractivity contribution in [1.82, 2.24) is 14.5 Å². The minimum absolute atomic E-state index is 0.531. The molecule has 0 aliphatic carbocycles. The third-order valence-electron chi connectivity index (χ3n) is 4.98. The van der Waals surface area contributed by atoms with Crippen molar-refractivity contribution in [2.75, 3.05) is 11.5 Å². The molecule has 2 aromatic carbocycles. The zero-order valence-electron chi connectivity index (χ0n) is 16.3. The Kier molecular flexibility index (Phi) is 5.81. The van der Waals surface area contributed by atoms with Gasteiger partial charge in [-0.3, -0.25) is 0 Å². The van der Waals surface area contributed by atoms with Crippen LogP contribution in [0.2, 0.25) is 0 Å². The third-order valence-corrected chi connectivity index (χ3v) is 6.08. The van der Waals surface area contributed by atoms with Gasteiger partial charge < -0.3 is 10.3 Å². The summed E-state index contributed by atoms with van der Waals surface area (Å²) >= 11 is 1.91. The maximum Gasteiger partial charge on any atom is 0.152 e. The van der Waals surface area contributed by atoms with Crippen LogP contribution in [0, 0.1) is 0 Å². The molecule has 2 heterocycles. The van der Waals surface area contributed by atoms with Gasteiger partial charge in [-0.15, -0.1) is 11.8 Å². The van der Waals surface area contributed by atoms with Crippen LogP contribution in [-0.4, -0.2) is 20.3 Å². The van der Waals surface area contributed by atoms with Crippen molar-refractivity contribution in [3.8, 4) is 0 Å². The second-order valence-electron chi connectivity index (χ2n) is 7.01. The molecule has 0 saturated heterocycles. The van der Waals surface area contributed by atoms with Gasteiger partial charge in [0.1, 0.15) is 11.3 Å². The number of anilines is 1. The summed E-state index contributed by atoms with van der Waals surface area (Å²) in [6.45, 7) is 3.16. The average molecular weight is 391 g/mol. The van der Waals surface area contributed by atoms with Gasteiger partial charge in [0.15, 0.2) is 5.82 Å². The van der Waals surface area contributed by atoms with Crippen LogP contribution in [0.25, 0.3) is 21.9 Å². The van der Waals surface area contributed by atoms with E-state index in [0.717, 1.165) is 65.7 Å². The monoisotopic (exact) mass is 390 g/mol. The molecule has 4 aromatic rings. The first-order valence-corrected chi connectivity index (χ1v) is 11.0. The molecule has 2 aromatic heterocycles. The normalized spacial score (nSPS) is 11.5. The van der Waals surface area contributed by atoms with Gasteiger partial charge in [0.2, 0.25) is 0 Å². The van der Waals surface area contributed by atoms with Crippen LogP contribution >= 0.6 is 11.8 Å². The summed E-state index contributed by atoms with van der Waals surface area (Å²) in [5.41, 5.74) is 9.20. The summed E-state index contributed by atoms with van der Waals surface area (Å²) < 4.78 is 2.39. The van der Waals surface area contributed by atoms with Gasteiger partial charge in [-0.25, -0.2) is 9.97 Å². The molecule has 0 fully saturated rings. The number of unbranched alkanes of at least 4 members (excludes halogenated alkanes) is 1. The smallest absolute Gasteiger partial charge is 0.152 e. The van der Waals surface area contributed by atoms with Crippen molar-refractivity contribution in [1.29, 1.82) is 0 Å². The first kappa shape index (κ1) is 18.8. The topological polar surface area (TPSA) is 56.7 Å². The summed E-state index contributed by atoms with van der Waals surface area (Å²) in [6.07, 6.45) is 4.35. The number of nitrogen functional groups attached to an aromatic ring is 1. The van der Waals surface area contributed by atoms with E-state index >= 15 is 0 Å². The van der Waals surface area contributed by atoms with E-state index in [4.69, 9.17) is 10.7 Å². The van der Waals surface area contributed by atoms with Crippen LogP contribution in [0.5, 0.6) is 0 Å². The molecule has 0 aliphatic heterocycles. The maximum atomic E-state index is 6.27. The first-order valence-electron chi connectivity index (χ1n) is 9.99. The van der Waals surface area contributed by atoms with Gasteiger partial charge in [-0.2, -0.15) is 0 Å². The summed E-state index contributed by atoms with van der Waals surface area (Å²) in [5.74, 6) is 2.74. The second kappa shape index (κ2) is 8.65. The number of para-hydroxylation sites is 1. The quantitative estimate of drug-likeness (QED) is 0.310. The minimum Gasteiger partial charge on any atom is -0.382 e. The lowest BCUT2D eigenvalue weighted by Crippen LogP contribution is -2.05. The summed E-state index contributed by atoms with van der Waals surface area (Å²) in [7, 11) is 0. The van der Waals surface area contributed by atoms with E-state index in [1.807, 2.05) is 23.9 Å². The number of aromatic nitrogens is 3. The molecule has 4 nitrogen and oxygen atoms in total. The van der Waals surface area contributed by atoms with Crippen molar-refractivity contribution >= 4 is 39.5 Å². The van der Waals surface area contributed by atoms with Gasteiger partial charge in [0.05, 0.1) is 11.0 Å². The first-order chi connectivity index (χ1) is 13.8. The molecule has 2 N–H and O–H groups in total. The van der Waals surface area contributed by atoms with E-state index in [-0.39, 0.29) is 0 Å². The number of thioether (sulfide) groups is 1. The summed E-state index contributed by atoms with van der Waals surface area (Å²) in [4.78, 5) is 10.8. The largest absolute Gasteiger partial charge is 0.382 e. The van der Waals surface area contributed by atoms with Gasteiger partial charge >= 0.3 is 0 Å². The zero-order chi connectivity index (χ0) is 19.3. The highest BCUT2D eigenvalue weighted by Crippen LogP contribution is 2.30. The van der Waals surface area contributed by atoms with Crippen LogP contribution in [0.3, 0.4) is 0 Å². The zero-order valence-corrected chi connectivity index (χ0v) is 17.1. The highest BCUT2D eigenvalue weighted by molar-refractivity contribution is 7.99. The predicted molar refractivity (Wildman–Crippen MR) is 120 cm³/mol. The molecule has 0 aliphatic rings. The molecule has 5 heteroatoms. The number of hydrogen-bond donors (Lipinski definition) is 1. The lowest BCUT2D eigenvalue weighted by Gasteiger charge is -2.11. The maximum absolute atomic E-state index is 6.27. The number of hydrogen-bond acceptors (Lipinski definition) is 4. The number of nitrogens with zero attached hydrogens (tertiary/aromatic N) is 3. The lowest BCUT2D eigenvalue weighted by atomic mass is 10.2. The van der Waals surface area contributed by atoms with E-state index in [0.29, 0.717) is 5.82 Å². The fourth-order valence-electron chi connectivity index (χ4n) is 3.60. The molecular weight excluding hydrogens is 364 g/mol. The minimum atomic E-state index is 0.531. The number of pyridine rings is 1. The number of fused-ring (bicyclic) bond motifs is 3. The average Bonchev–Trinajstić information content (AvgIpc) is 3.10. The molecule has 144 valence electrons. The van der Waals surface area contributed by atoms with Crippen molar-refractivity contribution < 1.29 is 0 Å². The number of nitrogens with two attached hydrogens (primary N) is 1. The Morgan fingerprint density at radius 2 is 1.75 bits per heavy atom. The SMILES string of the molecule is CCCCc1nc2c(N)nc3ccccc3c2n1CCCSc1ccccc1. The highest BCUT2D eigenvalue weighted by atomic mass is 32.2. The van der Waals surface area contributed by atoms with Gasteiger partial charge in [0, 0.05) is 23.2 Å². The molecule has 0 amide bonds. The van der Waals surface area contributed by atoms with Gasteiger partial charge in [0.25, 0.3) is 0 Å². The molecule has 0 atom stereocenters. The van der Waals surface area contributed by atoms with Crippen molar-refractivity contribution in [2.24, 2.45) is 0 Å². The molecule has 0 spiro atoms. The number of rotatable bonds is 8. The van der Waals surface area contributed by atoms with E-state index < -0.39 is 0 Å². The predicted octanol–water partition coefficient (Wildman–Crippen LogP) is 5.69. The van der Waals surface area contributed by atoms with Crippen molar-refractivity contribution in [3.63, 3.8) is 0 Å². The van der Waals surface area contributed by atoms with E-state index in [9.17, 15) is 0 Å². The lowest BCUT2D eigenvalue weighted by molar-refractivity contribution is 0.637. The fourth-order valence-corrected chi connectivity index (χ4v) is 4.46. The van der Waals surface area contributed by atoms with Crippen LogP contribution in [-0.2, 0) is 13.0 Å². The number of imidazole rings is 1. The highest BCUT2D eigenvalue weighted by Gasteiger charge is 2.16. The van der Waals surface area contributed by atoms with Crippen LogP contribution in [0.4, 0.5) is 5.82 Å². The Balaban J connectivity index is 1.65. The Hall–Kier alpha value is -2.53. The van der Waals surface area contributed by atoms with Crippen LogP contribution in [0.1, 0.15) is 32.0 Å². The second-order valence-corrected chi connectivity index (χ2v) is 8.18. The number of benzene rings is 2. The summed E-state index contributed by atoms with van der Waals surface area (Å²) in [6, 6.07) is 18.8. The van der Waals surface area contributed by atoms with Crippen LogP contribution in [0.15, 0.2) is 59.5 Å². The molecule has 4 rings (SSSR count). The Morgan fingerprint density at radius 3 is 2.57 bits per heavy atom. The Labute approximate surface area is 170 Å². The van der Waals surface area contributed by atoms with E-state index in [1.54, 1.807) is 0 Å². The fraction of sp³-hybridized carbons (Fsp3) is 0.304. The Bertz CT molecular complexity index is 1070. The molecule has 0 saturated carbocycles. The molecule has 0 radical (unpaired) electrons. The summed E-state index contributed by atoms with van der Waals surface area (Å²) in [5, 5.41) is 1.14. The van der Waals surface area contributed by atoms with E-state index in [1.165, 1.54) is 4.90 Å². The third kappa shape index (κ3) is 3.85. The number of aryl methyl sites for hydroxylation is 2. The van der Waals surface area contributed by atoms with Crippen molar-refractivity contribution in [2.45, 2.75) is 44.0 Å².